The number of nitrogens with zero attached hydrogens (tertiary/aromatic N) is 4. The van der Waals surface area contributed by atoms with Crippen LogP contribution in [0.5, 0.6) is 5.75 Å². The molecule has 1 aliphatic rings. The summed E-state index contributed by atoms with van der Waals surface area (Å²) in [6.07, 6.45) is 1.06. The lowest BCUT2D eigenvalue weighted by atomic mass is 9.93. The van der Waals surface area contributed by atoms with E-state index < -0.39 is 6.10 Å². The minimum atomic E-state index is -0.560. The molecule has 0 saturated carbocycles. The first kappa shape index (κ1) is 26.3. The minimum absolute atomic E-state index is 0.0385. The van der Waals surface area contributed by atoms with Crippen LogP contribution in [-0.4, -0.2) is 64.4 Å². The van der Waals surface area contributed by atoms with E-state index in [1.54, 1.807) is 19.1 Å². The first-order valence-corrected chi connectivity index (χ1v) is 12.6. The molecule has 9 nitrogen and oxygen atoms in total. The second-order valence-electron chi connectivity index (χ2n) is 9.72. The van der Waals surface area contributed by atoms with Crippen LogP contribution in [0.2, 0.25) is 0 Å². The average molecular weight is 504 g/mol. The maximum Gasteiger partial charge on any atom is 0.258 e. The third-order valence-electron chi connectivity index (χ3n) is 6.41. The number of benzene rings is 2. The van der Waals surface area contributed by atoms with E-state index in [2.05, 4.69) is 39.4 Å². The summed E-state index contributed by atoms with van der Waals surface area (Å²) in [6, 6.07) is 11.6. The van der Waals surface area contributed by atoms with Crippen LogP contribution in [0.4, 0.5) is 0 Å². The number of carbonyl (C=O) groups is 1. The predicted octanol–water partition coefficient (Wildman–Crippen LogP) is 3.27. The van der Waals surface area contributed by atoms with Gasteiger partial charge in [0.1, 0.15) is 11.8 Å². The van der Waals surface area contributed by atoms with Gasteiger partial charge in [-0.15, -0.1) is 0 Å². The molecule has 1 atom stereocenters. The molecule has 1 amide bonds. The monoisotopic (exact) mass is 503 g/mol. The van der Waals surface area contributed by atoms with Crippen LogP contribution >= 0.6 is 0 Å². The quantitative estimate of drug-likeness (QED) is 0.480. The first-order valence-electron chi connectivity index (χ1n) is 12.6. The Morgan fingerprint density at radius 2 is 2.03 bits per heavy atom. The molecular formula is C28H33N5O4. The molecule has 0 fully saturated rings. The highest BCUT2D eigenvalue weighted by molar-refractivity contribution is 5.78. The average Bonchev–Trinajstić information content (AvgIpc) is 3.25. The van der Waals surface area contributed by atoms with E-state index in [0.29, 0.717) is 35.1 Å². The molecule has 37 heavy (non-hydrogen) atoms. The number of aliphatic hydroxyl groups is 1. The van der Waals surface area contributed by atoms with E-state index in [9.17, 15) is 15.2 Å². The topological polar surface area (TPSA) is 125 Å². The number of aliphatic hydroxyl groups excluding tert-OH is 1. The van der Waals surface area contributed by atoms with E-state index in [0.717, 1.165) is 37.1 Å². The highest BCUT2D eigenvalue weighted by atomic mass is 16.5. The van der Waals surface area contributed by atoms with Crippen LogP contribution in [0.3, 0.4) is 0 Å². The van der Waals surface area contributed by atoms with Crippen molar-refractivity contribution in [3.63, 3.8) is 0 Å². The van der Waals surface area contributed by atoms with Gasteiger partial charge in [0.25, 0.3) is 5.89 Å². The summed E-state index contributed by atoms with van der Waals surface area (Å²) >= 11 is 0. The molecule has 2 N–H and O–H groups in total. The summed E-state index contributed by atoms with van der Waals surface area (Å²) in [5.41, 5.74) is 5.58. The summed E-state index contributed by atoms with van der Waals surface area (Å²) in [6.45, 7) is 9.67. The zero-order chi connectivity index (χ0) is 26.5. The molecule has 1 aliphatic heterocycles. The lowest BCUT2D eigenvalue weighted by molar-refractivity contribution is -0.122. The van der Waals surface area contributed by atoms with Gasteiger partial charge in [-0.2, -0.15) is 10.2 Å². The standard InChI is InChI=1S/C28H33N5O4/c1-17(2)36-25-8-6-21(13-22(25)14-29)28-31-27(32-37-28)24-7-5-20-9-11-33(12-10-23(20)19(24)4)16-26(35)30-15-18(3)34/h5-8,13,17-18,34H,9-12,15-16H2,1-4H3,(H,30,35)/t18-/m1/s1. The fraction of sp³-hybridized carbons (Fsp3) is 0.429. The lowest BCUT2D eigenvalue weighted by Gasteiger charge is -2.19. The van der Waals surface area contributed by atoms with Crippen molar-refractivity contribution in [2.45, 2.75) is 52.7 Å². The Bertz CT molecular complexity index is 1310. The fourth-order valence-electron chi connectivity index (χ4n) is 4.53. The molecule has 0 radical (unpaired) electrons. The summed E-state index contributed by atoms with van der Waals surface area (Å²) in [5, 5.41) is 25.9. The lowest BCUT2D eigenvalue weighted by Crippen LogP contribution is -2.40. The third kappa shape index (κ3) is 6.34. The van der Waals surface area contributed by atoms with Gasteiger partial charge in [0, 0.05) is 30.8 Å². The van der Waals surface area contributed by atoms with Crippen molar-refractivity contribution >= 4 is 5.91 Å². The Labute approximate surface area is 217 Å². The maximum atomic E-state index is 12.2. The van der Waals surface area contributed by atoms with E-state index in [-0.39, 0.29) is 18.6 Å². The molecule has 9 heteroatoms. The van der Waals surface area contributed by atoms with Gasteiger partial charge in [0.2, 0.25) is 11.7 Å². The highest BCUT2D eigenvalue weighted by Crippen LogP contribution is 2.31. The molecule has 2 heterocycles. The predicted molar refractivity (Wildman–Crippen MR) is 139 cm³/mol. The van der Waals surface area contributed by atoms with Crippen molar-refractivity contribution in [1.29, 1.82) is 5.26 Å². The molecule has 2 aromatic carbocycles. The number of fused-ring (bicyclic) bond motifs is 1. The van der Waals surface area contributed by atoms with Crippen molar-refractivity contribution in [3.8, 4) is 34.7 Å². The van der Waals surface area contributed by atoms with Gasteiger partial charge < -0.3 is 19.7 Å². The Hall–Kier alpha value is -3.74. The number of hydrogen-bond donors (Lipinski definition) is 2. The van der Waals surface area contributed by atoms with Crippen molar-refractivity contribution in [3.05, 3.63) is 52.6 Å². The molecule has 0 saturated heterocycles. The van der Waals surface area contributed by atoms with Crippen LogP contribution in [0.1, 0.15) is 43.0 Å². The molecule has 0 bridgehead atoms. The van der Waals surface area contributed by atoms with Gasteiger partial charge in [-0.1, -0.05) is 17.3 Å². The van der Waals surface area contributed by atoms with Crippen molar-refractivity contribution in [2.24, 2.45) is 0 Å². The van der Waals surface area contributed by atoms with Gasteiger partial charge in [-0.25, -0.2) is 0 Å². The Morgan fingerprint density at radius 3 is 2.76 bits per heavy atom. The number of ether oxygens (including phenoxy) is 1. The summed E-state index contributed by atoms with van der Waals surface area (Å²) < 4.78 is 11.3. The number of rotatable bonds is 8. The van der Waals surface area contributed by atoms with Gasteiger partial charge in [-0.05, 0) is 75.4 Å². The number of hydrogen-bond acceptors (Lipinski definition) is 8. The van der Waals surface area contributed by atoms with Gasteiger partial charge >= 0.3 is 0 Å². The smallest absolute Gasteiger partial charge is 0.258 e. The van der Waals surface area contributed by atoms with Crippen LogP contribution < -0.4 is 10.1 Å². The highest BCUT2D eigenvalue weighted by Gasteiger charge is 2.21. The van der Waals surface area contributed by atoms with E-state index >= 15 is 0 Å². The van der Waals surface area contributed by atoms with E-state index in [1.807, 2.05) is 26.0 Å². The third-order valence-corrected chi connectivity index (χ3v) is 6.41. The first-order chi connectivity index (χ1) is 17.7. The minimum Gasteiger partial charge on any atom is -0.490 e. The number of amides is 1. The zero-order valence-electron chi connectivity index (χ0n) is 21.7. The number of aromatic nitrogens is 2. The zero-order valence-corrected chi connectivity index (χ0v) is 21.7. The summed E-state index contributed by atoms with van der Waals surface area (Å²) in [5.74, 6) is 1.28. The normalized spacial score (nSPS) is 14.5. The van der Waals surface area contributed by atoms with Crippen molar-refractivity contribution in [1.82, 2.24) is 20.4 Å². The van der Waals surface area contributed by atoms with Crippen molar-refractivity contribution in [2.75, 3.05) is 26.2 Å². The Kier molecular flexibility index (Phi) is 8.21. The van der Waals surface area contributed by atoms with Crippen LogP contribution in [0, 0.1) is 18.3 Å². The number of carbonyl (C=O) groups excluding carboxylic acids is 1. The Balaban J connectivity index is 1.51. The molecule has 4 rings (SSSR count). The second kappa shape index (κ2) is 11.5. The van der Waals surface area contributed by atoms with E-state index in [1.165, 1.54) is 11.1 Å². The van der Waals surface area contributed by atoms with Gasteiger partial charge in [0.15, 0.2) is 0 Å². The SMILES string of the molecule is Cc1c(-c2noc(-c3ccc(OC(C)C)c(C#N)c3)n2)ccc2c1CCN(CC(=O)NC[C@@H](C)O)CC2. The number of nitriles is 1. The molecular weight excluding hydrogens is 470 g/mol. The Morgan fingerprint density at radius 1 is 1.24 bits per heavy atom. The fourth-order valence-corrected chi connectivity index (χ4v) is 4.53. The largest absolute Gasteiger partial charge is 0.490 e. The van der Waals surface area contributed by atoms with Gasteiger partial charge in [-0.3, -0.25) is 9.69 Å². The van der Waals surface area contributed by atoms with Crippen LogP contribution in [-0.2, 0) is 17.6 Å². The van der Waals surface area contributed by atoms with E-state index in [4.69, 9.17) is 9.26 Å². The molecule has 0 unspecified atom stereocenters. The maximum absolute atomic E-state index is 12.2. The summed E-state index contributed by atoms with van der Waals surface area (Å²) in [7, 11) is 0. The second-order valence-corrected chi connectivity index (χ2v) is 9.72. The molecule has 0 aliphatic carbocycles. The van der Waals surface area contributed by atoms with Crippen molar-refractivity contribution < 1.29 is 19.2 Å². The summed E-state index contributed by atoms with van der Waals surface area (Å²) in [4.78, 5) is 19.0. The molecule has 1 aromatic heterocycles. The molecule has 3 aromatic rings. The van der Waals surface area contributed by atoms with Gasteiger partial charge in [0.05, 0.1) is 24.3 Å². The molecule has 0 spiro atoms. The molecule has 194 valence electrons. The number of nitrogens with one attached hydrogen (secondary N) is 1. The van der Waals surface area contributed by atoms with Crippen LogP contribution in [0.25, 0.3) is 22.8 Å². The van der Waals surface area contributed by atoms with Crippen LogP contribution in [0.15, 0.2) is 34.9 Å².